The predicted molar refractivity (Wildman–Crippen MR) is 81.0 cm³/mol. The van der Waals surface area contributed by atoms with Crippen LogP contribution < -0.4 is 10.6 Å². The number of hydrogen-bond donors (Lipinski definition) is 2. The molecule has 20 heavy (non-hydrogen) atoms. The molecule has 1 aromatic rings. The van der Waals surface area contributed by atoms with Crippen molar-refractivity contribution in [1.82, 2.24) is 9.97 Å². The molecule has 0 radical (unpaired) electrons. The van der Waals surface area contributed by atoms with Gasteiger partial charge in [-0.2, -0.15) is 0 Å². The summed E-state index contributed by atoms with van der Waals surface area (Å²) in [5, 5.41) is 6.61. The van der Waals surface area contributed by atoms with Crippen molar-refractivity contribution in [3.8, 4) is 0 Å². The molecule has 0 fully saturated rings. The van der Waals surface area contributed by atoms with Gasteiger partial charge in [0, 0.05) is 26.8 Å². The first kappa shape index (κ1) is 16.7. The van der Waals surface area contributed by atoms with Gasteiger partial charge in [-0.25, -0.2) is 9.97 Å². The van der Waals surface area contributed by atoms with Crippen molar-refractivity contribution in [3.05, 3.63) is 11.9 Å². The second-order valence-corrected chi connectivity index (χ2v) is 4.97. The summed E-state index contributed by atoms with van der Waals surface area (Å²) < 4.78 is 10.4. The van der Waals surface area contributed by atoms with Crippen LogP contribution in [0.1, 0.15) is 26.6 Å². The molecule has 0 aromatic carbocycles. The van der Waals surface area contributed by atoms with Crippen LogP contribution in [-0.2, 0) is 16.1 Å². The van der Waals surface area contributed by atoms with Crippen molar-refractivity contribution in [1.29, 1.82) is 0 Å². The van der Waals surface area contributed by atoms with Crippen LogP contribution in [0.25, 0.3) is 0 Å². The summed E-state index contributed by atoms with van der Waals surface area (Å²) in [5.41, 5.74) is 0. The molecule has 0 aliphatic carbocycles. The average Bonchev–Trinajstić information content (AvgIpc) is 2.38. The molecule has 0 aliphatic heterocycles. The summed E-state index contributed by atoms with van der Waals surface area (Å²) in [6.45, 7) is 8.18. The smallest absolute Gasteiger partial charge is 0.158 e. The van der Waals surface area contributed by atoms with Crippen LogP contribution in [0, 0.1) is 5.92 Å². The van der Waals surface area contributed by atoms with E-state index < -0.39 is 0 Å². The van der Waals surface area contributed by atoms with Gasteiger partial charge in [-0.3, -0.25) is 0 Å². The van der Waals surface area contributed by atoms with E-state index in [9.17, 15) is 0 Å². The summed E-state index contributed by atoms with van der Waals surface area (Å²) in [7, 11) is 3.34. The van der Waals surface area contributed by atoms with Crippen LogP contribution in [0.2, 0.25) is 0 Å². The minimum absolute atomic E-state index is 0.208. The zero-order chi connectivity index (χ0) is 15.0. The van der Waals surface area contributed by atoms with Crippen LogP contribution >= 0.6 is 0 Å². The first-order valence-electron chi connectivity index (χ1n) is 6.96. The summed E-state index contributed by atoms with van der Waals surface area (Å²) in [6, 6.07) is 2.12. The Balaban J connectivity index is 2.90. The molecule has 0 spiro atoms. The second-order valence-electron chi connectivity index (χ2n) is 4.97. The monoisotopic (exact) mass is 282 g/mol. The molecule has 1 heterocycles. The van der Waals surface area contributed by atoms with Gasteiger partial charge in [0.2, 0.25) is 0 Å². The molecule has 0 saturated carbocycles. The molecule has 6 nitrogen and oxygen atoms in total. The van der Waals surface area contributed by atoms with Crippen molar-refractivity contribution in [2.75, 3.05) is 38.0 Å². The summed E-state index contributed by atoms with van der Waals surface area (Å²) in [4.78, 5) is 8.86. The minimum Gasteiger partial charge on any atom is -0.383 e. The van der Waals surface area contributed by atoms with Crippen LogP contribution in [0.15, 0.2) is 6.07 Å². The molecule has 1 rings (SSSR count). The van der Waals surface area contributed by atoms with Crippen molar-refractivity contribution in [3.63, 3.8) is 0 Å². The van der Waals surface area contributed by atoms with Gasteiger partial charge in [0.05, 0.1) is 12.6 Å². The molecule has 0 saturated heterocycles. The Morgan fingerprint density at radius 2 is 1.85 bits per heavy atom. The van der Waals surface area contributed by atoms with E-state index >= 15 is 0 Å². The van der Waals surface area contributed by atoms with E-state index in [2.05, 4.69) is 34.4 Å². The molecule has 0 amide bonds. The lowest BCUT2D eigenvalue weighted by Gasteiger charge is -2.22. The van der Waals surface area contributed by atoms with Crippen molar-refractivity contribution < 1.29 is 9.47 Å². The third-order valence-corrected chi connectivity index (χ3v) is 2.89. The number of nitrogens with zero attached hydrogens (tertiary/aromatic N) is 2. The zero-order valence-corrected chi connectivity index (χ0v) is 13.1. The van der Waals surface area contributed by atoms with E-state index in [1.165, 1.54) is 0 Å². The quantitative estimate of drug-likeness (QED) is 0.723. The van der Waals surface area contributed by atoms with Crippen LogP contribution in [0.4, 0.5) is 11.6 Å². The zero-order valence-electron chi connectivity index (χ0n) is 13.1. The SMILES string of the molecule is CCNc1cc(NC(COC)C(C)C)nc(COC)n1. The fourth-order valence-corrected chi connectivity index (χ4v) is 1.81. The van der Waals surface area contributed by atoms with E-state index in [1.54, 1.807) is 14.2 Å². The number of methoxy groups -OCH3 is 2. The maximum Gasteiger partial charge on any atom is 0.158 e. The fourth-order valence-electron chi connectivity index (χ4n) is 1.81. The highest BCUT2D eigenvalue weighted by atomic mass is 16.5. The van der Waals surface area contributed by atoms with Gasteiger partial charge in [-0.1, -0.05) is 13.8 Å². The Morgan fingerprint density at radius 1 is 1.15 bits per heavy atom. The Morgan fingerprint density at radius 3 is 2.40 bits per heavy atom. The van der Waals surface area contributed by atoms with E-state index in [0.717, 1.165) is 18.2 Å². The second kappa shape index (κ2) is 8.71. The number of nitrogens with one attached hydrogen (secondary N) is 2. The maximum atomic E-state index is 5.25. The predicted octanol–water partition coefficient (Wildman–Crippen LogP) is 2.14. The van der Waals surface area contributed by atoms with E-state index in [-0.39, 0.29) is 6.04 Å². The van der Waals surface area contributed by atoms with Crippen LogP contribution in [-0.4, -0.2) is 43.4 Å². The van der Waals surface area contributed by atoms with Crippen LogP contribution in [0.3, 0.4) is 0 Å². The molecule has 2 N–H and O–H groups in total. The number of rotatable bonds is 9. The largest absolute Gasteiger partial charge is 0.383 e. The Hall–Kier alpha value is -1.40. The molecule has 1 aromatic heterocycles. The number of ether oxygens (including phenoxy) is 2. The van der Waals surface area contributed by atoms with E-state index in [1.807, 2.05) is 13.0 Å². The van der Waals surface area contributed by atoms with Gasteiger partial charge < -0.3 is 20.1 Å². The lowest BCUT2D eigenvalue weighted by atomic mass is 10.1. The van der Waals surface area contributed by atoms with E-state index in [4.69, 9.17) is 9.47 Å². The normalized spacial score (nSPS) is 12.5. The first-order chi connectivity index (χ1) is 9.60. The summed E-state index contributed by atoms with van der Waals surface area (Å²) in [6.07, 6.45) is 0. The Bertz CT molecular complexity index is 375. The highest BCUT2D eigenvalue weighted by Gasteiger charge is 2.14. The average molecular weight is 282 g/mol. The molecular weight excluding hydrogens is 256 g/mol. The topological polar surface area (TPSA) is 68.3 Å². The summed E-state index contributed by atoms with van der Waals surface area (Å²) >= 11 is 0. The summed E-state index contributed by atoms with van der Waals surface area (Å²) in [5.74, 6) is 2.70. The molecule has 1 unspecified atom stereocenters. The lowest BCUT2D eigenvalue weighted by Crippen LogP contribution is -2.31. The van der Waals surface area contributed by atoms with Gasteiger partial charge in [0.15, 0.2) is 5.82 Å². The van der Waals surface area contributed by atoms with E-state index in [0.29, 0.717) is 25.0 Å². The molecule has 1 atom stereocenters. The van der Waals surface area contributed by atoms with Crippen molar-refractivity contribution in [2.45, 2.75) is 33.4 Å². The number of aromatic nitrogens is 2. The van der Waals surface area contributed by atoms with Crippen LogP contribution in [0.5, 0.6) is 0 Å². The fraction of sp³-hybridized carbons (Fsp3) is 0.714. The molecule has 0 aliphatic rings. The van der Waals surface area contributed by atoms with Gasteiger partial charge >= 0.3 is 0 Å². The Labute approximate surface area is 121 Å². The Kier molecular flexibility index (Phi) is 7.25. The molecule has 0 bridgehead atoms. The first-order valence-corrected chi connectivity index (χ1v) is 6.96. The van der Waals surface area contributed by atoms with Crippen molar-refractivity contribution >= 4 is 11.6 Å². The van der Waals surface area contributed by atoms with Gasteiger partial charge in [-0.05, 0) is 12.8 Å². The molecular formula is C14H26N4O2. The highest BCUT2D eigenvalue weighted by molar-refractivity contribution is 5.48. The minimum atomic E-state index is 0.208. The molecule has 114 valence electrons. The number of hydrogen-bond acceptors (Lipinski definition) is 6. The maximum absolute atomic E-state index is 5.25. The third kappa shape index (κ3) is 5.30. The molecule has 6 heteroatoms. The van der Waals surface area contributed by atoms with Crippen molar-refractivity contribution in [2.24, 2.45) is 5.92 Å². The highest BCUT2D eigenvalue weighted by Crippen LogP contribution is 2.15. The lowest BCUT2D eigenvalue weighted by molar-refractivity contribution is 0.170. The number of anilines is 2. The van der Waals surface area contributed by atoms with Gasteiger partial charge in [0.25, 0.3) is 0 Å². The van der Waals surface area contributed by atoms with Gasteiger partial charge in [-0.15, -0.1) is 0 Å². The third-order valence-electron chi connectivity index (χ3n) is 2.89. The van der Waals surface area contributed by atoms with Gasteiger partial charge in [0.1, 0.15) is 18.2 Å². The standard InChI is InChI=1S/C14H26N4O2/c1-6-15-12-7-13(18-14(17-12)9-20-5)16-11(8-19-4)10(2)3/h7,10-11H,6,8-9H2,1-5H3,(H2,15,16,17,18).